The molecule has 1 aromatic heterocycles. The Balaban J connectivity index is 2.50. The van der Waals surface area contributed by atoms with E-state index in [0.717, 1.165) is 19.4 Å². The fourth-order valence-electron chi connectivity index (χ4n) is 1.54. The van der Waals surface area contributed by atoms with Crippen molar-refractivity contribution in [1.82, 2.24) is 15.5 Å². The summed E-state index contributed by atoms with van der Waals surface area (Å²) in [6, 6.07) is 4.51. The van der Waals surface area contributed by atoms with Gasteiger partial charge in [0, 0.05) is 31.6 Å². The van der Waals surface area contributed by atoms with Gasteiger partial charge >= 0.3 is 0 Å². The average Bonchev–Trinajstić information content (AvgIpc) is 2.96. The highest BCUT2D eigenvalue weighted by molar-refractivity contribution is 7.09. The van der Waals surface area contributed by atoms with Gasteiger partial charge < -0.3 is 15.5 Å². The summed E-state index contributed by atoms with van der Waals surface area (Å²) in [4.78, 5) is 18.9. The summed E-state index contributed by atoms with van der Waals surface area (Å²) < 4.78 is 0. The van der Waals surface area contributed by atoms with E-state index in [1.807, 2.05) is 0 Å². The Morgan fingerprint density at radius 1 is 1.48 bits per heavy atom. The number of aliphatic imine (C=N–C) groups is 1. The van der Waals surface area contributed by atoms with Crippen LogP contribution in [0, 0.1) is 0 Å². The molecule has 0 fully saturated rings. The van der Waals surface area contributed by atoms with E-state index in [1.54, 1.807) is 30.3 Å². The molecule has 0 aromatic carbocycles. The number of nitrogens with one attached hydrogen (secondary N) is 2. The number of nitrogens with zero attached hydrogens (tertiary/aromatic N) is 2. The minimum atomic E-state index is -0.00138. The topological polar surface area (TPSA) is 56.7 Å². The molecule has 2 N–H and O–H groups in total. The van der Waals surface area contributed by atoms with Crippen molar-refractivity contribution in [3.05, 3.63) is 22.4 Å². The van der Waals surface area contributed by atoms with Crippen molar-refractivity contribution in [2.75, 3.05) is 27.2 Å². The molecule has 0 saturated carbocycles. The molecule has 6 heteroatoms. The minimum absolute atomic E-state index is 0.00138. The second-order valence-corrected chi connectivity index (χ2v) is 6.20. The van der Waals surface area contributed by atoms with E-state index in [9.17, 15) is 4.79 Å². The average molecular weight is 310 g/mol. The SMILES string of the molecule is CCC(C)NC(=NCC(=O)N(C)C)NCCc1cccs1. The number of guanidine groups is 1. The Labute approximate surface area is 131 Å². The van der Waals surface area contributed by atoms with E-state index in [-0.39, 0.29) is 12.5 Å². The monoisotopic (exact) mass is 310 g/mol. The molecule has 1 atom stereocenters. The molecule has 0 spiro atoms. The maximum Gasteiger partial charge on any atom is 0.243 e. The molecule has 0 bridgehead atoms. The van der Waals surface area contributed by atoms with Crippen LogP contribution in [0.5, 0.6) is 0 Å². The highest BCUT2D eigenvalue weighted by Crippen LogP contribution is 2.07. The molecule has 21 heavy (non-hydrogen) atoms. The van der Waals surface area contributed by atoms with Crippen LogP contribution in [0.1, 0.15) is 25.1 Å². The van der Waals surface area contributed by atoms with Crippen LogP contribution in [0.2, 0.25) is 0 Å². The number of amides is 1. The van der Waals surface area contributed by atoms with Crippen molar-refractivity contribution >= 4 is 23.2 Å². The highest BCUT2D eigenvalue weighted by atomic mass is 32.1. The lowest BCUT2D eigenvalue weighted by Gasteiger charge is -2.17. The van der Waals surface area contributed by atoms with E-state index in [2.05, 4.69) is 47.0 Å². The smallest absolute Gasteiger partial charge is 0.243 e. The van der Waals surface area contributed by atoms with Gasteiger partial charge in [0.15, 0.2) is 5.96 Å². The second-order valence-electron chi connectivity index (χ2n) is 5.16. The first kappa shape index (κ1) is 17.5. The number of thiophene rings is 1. The third-order valence-corrected chi connectivity index (χ3v) is 4.05. The molecule has 0 radical (unpaired) electrons. The molecule has 5 nitrogen and oxygen atoms in total. The molecule has 1 heterocycles. The maximum atomic E-state index is 11.6. The Hall–Kier alpha value is -1.56. The number of carbonyl (C=O) groups is 1. The van der Waals surface area contributed by atoms with Gasteiger partial charge in [-0.3, -0.25) is 4.79 Å². The summed E-state index contributed by atoms with van der Waals surface area (Å²) in [6.45, 7) is 5.19. The standard InChI is InChI=1S/C15H26N4OS/c1-5-12(2)18-15(17-11-14(20)19(3)4)16-9-8-13-7-6-10-21-13/h6-7,10,12H,5,8-9,11H2,1-4H3,(H2,16,17,18). The Kier molecular flexibility index (Phi) is 7.82. The minimum Gasteiger partial charge on any atom is -0.356 e. The summed E-state index contributed by atoms with van der Waals surface area (Å²) in [5.41, 5.74) is 0. The lowest BCUT2D eigenvalue weighted by Crippen LogP contribution is -2.43. The van der Waals surface area contributed by atoms with Crippen LogP contribution in [-0.2, 0) is 11.2 Å². The third kappa shape index (κ3) is 7.13. The van der Waals surface area contributed by atoms with Crippen LogP contribution in [-0.4, -0.2) is 50.0 Å². The van der Waals surface area contributed by atoms with Crippen LogP contribution >= 0.6 is 11.3 Å². The first-order chi connectivity index (χ1) is 10.0. The van der Waals surface area contributed by atoms with Crippen molar-refractivity contribution in [1.29, 1.82) is 0 Å². The van der Waals surface area contributed by atoms with Crippen LogP contribution in [0.15, 0.2) is 22.5 Å². The van der Waals surface area contributed by atoms with Crippen LogP contribution in [0.3, 0.4) is 0 Å². The van der Waals surface area contributed by atoms with Gasteiger partial charge in [0.05, 0.1) is 0 Å². The fraction of sp³-hybridized carbons (Fsp3) is 0.600. The summed E-state index contributed by atoms with van der Waals surface area (Å²) in [7, 11) is 3.48. The molecule has 1 rings (SSSR count). The van der Waals surface area contributed by atoms with Gasteiger partial charge in [-0.15, -0.1) is 11.3 Å². The van der Waals surface area contributed by atoms with Crippen LogP contribution < -0.4 is 10.6 Å². The second kappa shape index (κ2) is 9.39. The lowest BCUT2D eigenvalue weighted by atomic mass is 10.3. The van der Waals surface area contributed by atoms with Gasteiger partial charge in [-0.25, -0.2) is 4.99 Å². The zero-order valence-corrected chi connectivity index (χ0v) is 14.2. The number of carbonyl (C=O) groups excluding carboxylic acids is 1. The molecule has 118 valence electrons. The normalized spacial score (nSPS) is 12.9. The van der Waals surface area contributed by atoms with Crippen molar-refractivity contribution in [2.24, 2.45) is 4.99 Å². The number of likely N-dealkylation sites (N-methyl/N-ethyl adjacent to an activating group) is 1. The van der Waals surface area contributed by atoms with E-state index in [4.69, 9.17) is 0 Å². The van der Waals surface area contributed by atoms with Gasteiger partial charge in [-0.05, 0) is 31.2 Å². The van der Waals surface area contributed by atoms with E-state index in [1.165, 1.54) is 4.88 Å². The first-order valence-corrected chi connectivity index (χ1v) is 8.18. The summed E-state index contributed by atoms with van der Waals surface area (Å²) in [5.74, 6) is 0.703. The Morgan fingerprint density at radius 3 is 2.81 bits per heavy atom. The van der Waals surface area contributed by atoms with Gasteiger partial charge in [-0.1, -0.05) is 13.0 Å². The van der Waals surface area contributed by atoms with Gasteiger partial charge in [-0.2, -0.15) is 0 Å². The van der Waals surface area contributed by atoms with Crippen molar-refractivity contribution in [3.63, 3.8) is 0 Å². The molecule has 0 aliphatic heterocycles. The Morgan fingerprint density at radius 2 is 2.24 bits per heavy atom. The molecule has 0 aliphatic rings. The summed E-state index contributed by atoms with van der Waals surface area (Å²) in [5, 5.41) is 8.69. The predicted octanol–water partition coefficient (Wildman–Crippen LogP) is 1.71. The van der Waals surface area contributed by atoms with Gasteiger partial charge in [0.25, 0.3) is 0 Å². The first-order valence-electron chi connectivity index (χ1n) is 7.30. The molecule has 0 aliphatic carbocycles. The van der Waals surface area contributed by atoms with Gasteiger partial charge in [0.1, 0.15) is 6.54 Å². The fourth-order valence-corrected chi connectivity index (χ4v) is 2.24. The molecule has 1 aromatic rings. The van der Waals surface area contributed by atoms with Gasteiger partial charge in [0.2, 0.25) is 5.91 Å². The maximum absolute atomic E-state index is 11.6. The van der Waals surface area contributed by atoms with Crippen molar-refractivity contribution in [3.8, 4) is 0 Å². The zero-order chi connectivity index (χ0) is 15.7. The molecule has 1 amide bonds. The molecule has 1 unspecified atom stereocenters. The molecular weight excluding hydrogens is 284 g/mol. The Bertz CT molecular complexity index is 443. The van der Waals surface area contributed by atoms with Crippen molar-refractivity contribution < 1.29 is 4.79 Å². The quantitative estimate of drug-likeness (QED) is 0.595. The molecule has 0 saturated heterocycles. The van der Waals surface area contributed by atoms with Crippen molar-refractivity contribution in [2.45, 2.75) is 32.7 Å². The van der Waals surface area contributed by atoms with E-state index >= 15 is 0 Å². The van der Waals surface area contributed by atoms with Crippen LogP contribution in [0.4, 0.5) is 0 Å². The summed E-state index contributed by atoms with van der Waals surface area (Å²) >= 11 is 1.75. The highest BCUT2D eigenvalue weighted by Gasteiger charge is 2.06. The summed E-state index contributed by atoms with van der Waals surface area (Å²) in [6.07, 6.45) is 1.97. The van der Waals surface area contributed by atoms with E-state index in [0.29, 0.717) is 12.0 Å². The molecular formula is C15H26N4OS. The largest absolute Gasteiger partial charge is 0.356 e. The van der Waals surface area contributed by atoms with E-state index < -0.39 is 0 Å². The lowest BCUT2D eigenvalue weighted by molar-refractivity contribution is -0.127. The number of rotatable bonds is 7. The third-order valence-electron chi connectivity index (χ3n) is 3.11. The number of hydrogen-bond donors (Lipinski definition) is 2. The van der Waals surface area contributed by atoms with Crippen LogP contribution in [0.25, 0.3) is 0 Å². The zero-order valence-electron chi connectivity index (χ0n) is 13.3. The predicted molar refractivity (Wildman–Crippen MR) is 89.9 cm³/mol. The number of hydrogen-bond acceptors (Lipinski definition) is 3.